The fourth-order valence-electron chi connectivity index (χ4n) is 2.27. The number of rotatable bonds is 8. The van der Waals surface area contributed by atoms with Gasteiger partial charge in [0.05, 0.1) is 5.69 Å². The van der Waals surface area contributed by atoms with E-state index < -0.39 is 22.0 Å². The standard InChI is InChI=1S/C15H18F3N6O2S2.CH4/c1-4-24(5-2)11-6-7-12(20-21-14-19-10(3)22-27-14)13(8-11)23-28(25,26)9-15(16,17)18;/h6-8H,4-5,9H2,1-3H3;1H4/q-1;. The molecule has 0 amide bonds. The fourth-order valence-corrected chi connectivity index (χ4v) is 3.70. The van der Waals surface area contributed by atoms with Crippen molar-refractivity contribution in [1.82, 2.24) is 9.36 Å². The first-order valence-corrected chi connectivity index (χ1v) is 10.5. The Hall–Kier alpha value is -2.28. The smallest absolute Gasteiger partial charge is 0.401 e. The molecule has 8 nitrogen and oxygen atoms in total. The quantitative estimate of drug-likeness (QED) is 0.483. The predicted octanol–water partition coefficient (Wildman–Crippen LogP) is 5.64. The highest BCUT2D eigenvalue weighted by Gasteiger charge is 2.31. The monoisotopic (exact) mass is 451 g/mol. The van der Waals surface area contributed by atoms with Gasteiger partial charge in [-0.25, -0.2) is 13.4 Å². The van der Waals surface area contributed by atoms with Crippen molar-refractivity contribution in [2.45, 2.75) is 34.4 Å². The molecule has 0 atom stereocenters. The van der Waals surface area contributed by atoms with E-state index in [2.05, 4.69) is 24.3 Å². The second kappa shape index (κ2) is 9.96. The van der Waals surface area contributed by atoms with Gasteiger partial charge in [-0.15, -0.1) is 10.2 Å². The van der Waals surface area contributed by atoms with Crippen molar-refractivity contribution >= 4 is 43.7 Å². The number of aryl methyl sites for hydroxylation is 1. The van der Waals surface area contributed by atoms with Gasteiger partial charge in [-0.2, -0.15) is 17.5 Å². The van der Waals surface area contributed by atoms with E-state index in [4.69, 9.17) is 0 Å². The first-order valence-electron chi connectivity index (χ1n) is 8.16. The average Bonchev–Trinajstić information content (AvgIpc) is 2.98. The number of sulfonamides is 1. The molecule has 0 unspecified atom stereocenters. The number of azo groups is 1. The summed E-state index contributed by atoms with van der Waals surface area (Å²) < 4.78 is 68.6. The summed E-state index contributed by atoms with van der Waals surface area (Å²) in [6.07, 6.45) is -4.90. The maximum atomic E-state index is 12.5. The van der Waals surface area contributed by atoms with Crippen molar-refractivity contribution in [2.24, 2.45) is 10.2 Å². The summed E-state index contributed by atoms with van der Waals surface area (Å²) in [6, 6.07) is 4.50. The van der Waals surface area contributed by atoms with Crippen LogP contribution in [0.1, 0.15) is 27.1 Å². The second-order valence-electron chi connectivity index (χ2n) is 5.60. The van der Waals surface area contributed by atoms with Crippen LogP contribution in [0, 0.1) is 6.92 Å². The molecule has 2 rings (SSSR count). The van der Waals surface area contributed by atoms with Gasteiger partial charge >= 0.3 is 6.18 Å². The molecule has 0 aliphatic carbocycles. The zero-order valence-corrected chi connectivity index (χ0v) is 16.9. The van der Waals surface area contributed by atoms with Crippen molar-refractivity contribution in [3.63, 3.8) is 0 Å². The molecule has 1 aromatic carbocycles. The van der Waals surface area contributed by atoms with Gasteiger partial charge in [-0.3, -0.25) is 0 Å². The Labute approximate surface area is 172 Å². The molecule has 1 heterocycles. The molecule has 0 saturated heterocycles. The zero-order chi connectivity index (χ0) is 20.9. The Morgan fingerprint density at radius 1 is 1.21 bits per heavy atom. The number of halogens is 3. The lowest BCUT2D eigenvalue weighted by molar-refractivity contribution is -0.106. The van der Waals surface area contributed by atoms with Crippen LogP contribution in [0.15, 0.2) is 28.4 Å². The Kier molecular flexibility index (Phi) is 8.50. The van der Waals surface area contributed by atoms with Gasteiger partial charge in [0.15, 0.2) is 0 Å². The van der Waals surface area contributed by atoms with Crippen LogP contribution in [-0.2, 0) is 10.0 Å². The maximum Gasteiger partial charge on any atom is 0.401 e. The Balaban J connectivity index is 0.00000420. The van der Waals surface area contributed by atoms with Gasteiger partial charge in [0, 0.05) is 30.3 Å². The third-order valence-electron chi connectivity index (χ3n) is 3.43. The molecule has 0 saturated carbocycles. The van der Waals surface area contributed by atoms with Crippen LogP contribution in [-0.4, -0.2) is 42.8 Å². The van der Waals surface area contributed by atoms with Crippen LogP contribution in [0.4, 0.5) is 35.4 Å². The number of alkyl halides is 3. The molecule has 0 aliphatic rings. The zero-order valence-electron chi connectivity index (χ0n) is 15.3. The molecule has 0 N–H and O–H groups in total. The van der Waals surface area contributed by atoms with Crippen molar-refractivity contribution in [3.05, 3.63) is 28.7 Å². The summed E-state index contributed by atoms with van der Waals surface area (Å²) in [7, 11) is -4.80. The molecule has 29 heavy (non-hydrogen) atoms. The largest absolute Gasteiger partial charge is 0.575 e. The third kappa shape index (κ3) is 7.57. The van der Waals surface area contributed by atoms with Crippen molar-refractivity contribution in [3.8, 4) is 0 Å². The third-order valence-corrected chi connectivity index (χ3v) is 5.29. The van der Waals surface area contributed by atoms with Gasteiger partial charge in [0.25, 0.3) is 0 Å². The van der Waals surface area contributed by atoms with E-state index in [-0.39, 0.29) is 23.9 Å². The summed E-state index contributed by atoms with van der Waals surface area (Å²) in [5.41, 5.74) is 0.393. The van der Waals surface area contributed by atoms with E-state index in [1.807, 2.05) is 18.7 Å². The van der Waals surface area contributed by atoms with E-state index >= 15 is 0 Å². The molecule has 2 aromatic rings. The molecule has 162 valence electrons. The lowest BCUT2D eigenvalue weighted by Gasteiger charge is -2.27. The Morgan fingerprint density at radius 3 is 2.38 bits per heavy atom. The maximum absolute atomic E-state index is 12.5. The van der Waals surface area contributed by atoms with Crippen molar-refractivity contribution in [1.29, 1.82) is 0 Å². The molecular weight excluding hydrogens is 429 g/mol. The van der Waals surface area contributed by atoms with E-state index in [1.54, 1.807) is 13.0 Å². The predicted molar refractivity (Wildman–Crippen MR) is 108 cm³/mol. The number of anilines is 1. The van der Waals surface area contributed by atoms with Gasteiger partial charge in [-0.1, -0.05) is 19.2 Å². The molecule has 0 spiro atoms. The molecule has 0 bridgehead atoms. The van der Waals surface area contributed by atoms with Gasteiger partial charge in [0.2, 0.25) is 5.13 Å². The van der Waals surface area contributed by atoms with Gasteiger partial charge in [0.1, 0.15) is 21.6 Å². The van der Waals surface area contributed by atoms with Crippen molar-refractivity contribution in [2.75, 3.05) is 23.7 Å². The summed E-state index contributed by atoms with van der Waals surface area (Å²) in [4.78, 5) is 5.89. The first-order chi connectivity index (χ1) is 13.0. The highest BCUT2D eigenvalue weighted by Crippen LogP contribution is 2.39. The van der Waals surface area contributed by atoms with E-state index in [0.29, 0.717) is 24.6 Å². The number of benzene rings is 1. The van der Waals surface area contributed by atoms with Crippen molar-refractivity contribution < 1.29 is 21.6 Å². The highest BCUT2D eigenvalue weighted by molar-refractivity contribution is 7.94. The number of hydrogen-bond donors (Lipinski definition) is 0. The van der Waals surface area contributed by atoms with Gasteiger partial charge < -0.3 is 9.62 Å². The Bertz CT molecular complexity index is 940. The van der Waals surface area contributed by atoms with Gasteiger partial charge in [-0.05, 0) is 32.9 Å². The Morgan fingerprint density at radius 2 is 1.86 bits per heavy atom. The molecule has 0 radical (unpaired) electrons. The molecule has 0 aliphatic heterocycles. The van der Waals surface area contributed by atoms with Crippen LogP contribution < -0.4 is 4.90 Å². The molecular formula is C16H22F3N6O2S2-. The summed E-state index contributed by atoms with van der Waals surface area (Å²) >= 11 is 0.984. The summed E-state index contributed by atoms with van der Waals surface area (Å²) in [5, 5.41) is 7.99. The van der Waals surface area contributed by atoms with E-state index in [9.17, 15) is 21.6 Å². The second-order valence-corrected chi connectivity index (χ2v) is 7.97. The van der Waals surface area contributed by atoms with E-state index in [1.165, 1.54) is 12.1 Å². The molecule has 1 aromatic heterocycles. The van der Waals surface area contributed by atoms with E-state index in [0.717, 1.165) is 11.5 Å². The minimum Gasteiger partial charge on any atom is -0.575 e. The highest BCUT2D eigenvalue weighted by atomic mass is 32.2. The minimum absolute atomic E-state index is 0. The summed E-state index contributed by atoms with van der Waals surface area (Å²) in [6.45, 7) is 6.70. The fraction of sp³-hybridized carbons (Fsp3) is 0.500. The van der Waals surface area contributed by atoms with Crippen LogP contribution in [0.2, 0.25) is 0 Å². The lowest BCUT2D eigenvalue weighted by Crippen LogP contribution is -2.22. The first kappa shape index (κ1) is 24.8. The number of aromatic nitrogens is 2. The lowest BCUT2D eigenvalue weighted by atomic mass is 10.2. The van der Waals surface area contributed by atoms with Crippen LogP contribution in [0.3, 0.4) is 0 Å². The molecule has 0 fully saturated rings. The van der Waals surface area contributed by atoms with Crippen LogP contribution in [0.25, 0.3) is 4.72 Å². The normalized spacial score (nSPS) is 12.1. The van der Waals surface area contributed by atoms with Crippen LogP contribution in [0.5, 0.6) is 0 Å². The minimum atomic E-state index is -4.90. The topological polar surface area (TPSA) is 102 Å². The summed E-state index contributed by atoms with van der Waals surface area (Å²) in [5.74, 6) is -1.56. The SMILES string of the molecule is C.CCN(CC)c1ccc(N=Nc2nc(C)ns2)c([N-]S(=O)(=O)CC(F)(F)F)c1. The number of hydrogen-bond acceptors (Lipinski definition) is 8. The molecule has 13 heteroatoms. The van der Waals surface area contributed by atoms with Crippen LogP contribution >= 0.6 is 11.5 Å². The number of nitrogens with zero attached hydrogens (tertiary/aromatic N) is 6. The average molecular weight is 452 g/mol.